The van der Waals surface area contributed by atoms with Gasteiger partial charge in [0.2, 0.25) is 0 Å². The molecule has 0 spiro atoms. The molecule has 3 amide bonds. The summed E-state index contributed by atoms with van der Waals surface area (Å²) in [6, 6.07) is 20.9. The molecule has 2 aliphatic rings. The van der Waals surface area contributed by atoms with E-state index in [1.807, 2.05) is 69.3 Å². The summed E-state index contributed by atoms with van der Waals surface area (Å²) in [5, 5.41) is 1.03. The second kappa shape index (κ2) is 10.5. The van der Waals surface area contributed by atoms with Crippen molar-refractivity contribution >= 4 is 28.5 Å². The minimum Gasteiger partial charge on any atom is -0.492 e. The van der Waals surface area contributed by atoms with Crippen LogP contribution in [0.25, 0.3) is 10.9 Å². The molecule has 8 nitrogen and oxygen atoms in total. The number of benzene rings is 3. The summed E-state index contributed by atoms with van der Waals surface area (Å²) < 4.78 is 17.8. The highest BCUT2D eigenvalue weighted by molar-refractivity contribution is 6.24. The maximum atomic E-state index is 14.3. The summed E-state index contributed by atoms with van der Waals surface area (Å²) in [6.07, 6.45) is 0.890. The summed E-state index contributed by atoms with van der Waals surface area (Å²) in [7, 11) is 0. The fraction of sp³-hybridized carbons (Fsp3) is 0.333. The van der Waals surface area contributed by atoms with Crippen LogP contribution in [0.2, 0.25) is 0 Å². The Kier molecular flexibility index (Phi) is 6.85. The van der Waals surface area contributed by atoms with Gasteiger partial charge in [0, 0.05) is 23.4 Å². The van der Waals surface area contributed by atoms with Gasteiger partial charge in [0.15, 0.2) is 17.0 Å². The lowest BCUT2D eigenvalue weighted by Gasteiger charge is -2.40. The summed E-state index contributed by atoms with van der Waals surface area (Å²) in [4.78, 5) is 35.0. The number of carbonyl (C=O) groups excluding carboxylic acids is 2. The predicted molar refractivity (Wildman–Crippen MR) is 158 cm³/mol. The normalized spacial score (nSPS) is 19.9. The van der Waals surface area contributed by atoms with Crippen LogP contribution in [0.15, 0.2) is 66.7 Å². The number of rotatable bonds is 9. The number of carbonyl (C=O) groups is 2. The molecular weight excluding hydrogens is 518 g/mol. The number of para-hydroxylation sites is 3. The molecule has 212 valence electrons. The van der Waals surface area contributed by atoms with Crippen LogP contribution in [0.1, 0.15) is 56.9 Å². The number of amides is 3. The molecular formula is C33H35N3O5. The number of nitrogens with zero attached hydrogens (tertiary/aromatic N) is 2. The summed E-state index contributed by atoms with van der Waals surface area (Å²) in [5.74, 6) is 1.36. The average molecular weight is 554 g/mol. The van der Waals surface area contributed by atoms with Crippen LogP contribution in [0.3, 0.4) is 0 Å². The number of hydrogen-bond donors (Lipinski definition) is 1. The molecule has 0 aliphatic carbocycles. The van der Waals surface area contributed by atoms with E-state index >= 15 is 0 Å². The first kappa shape index (κ1) is 26.7. The lowest BCUT2D eigenvalue weighted by Crippen LogP contribution is -2.50. The van der Waals surface area contributed by atoms with Crippen molar-refractivity contribution in [3.05, 3.63) is 83.6 Å². The van der Waals surface area contributed by atoms with E-state index in [4.69, 9.17) is 14.2 Å². The number of H-pyrrole nitrogens is 1. The van der Waals surface area contributed by atoms with E-state index in [1.54, 1.807) is 17.0 Å². The van der Waals surface area contributed by atoms with Crippen LogP contribution in [0.4, 0.5) is 10.5 Å². The number of aromatic amines is 1. The van der Waals surface area contributed by atoms with Crippen molar-refractivity contribution in [2.75, 3.05) is 31.3 Å². The van der Waals surface area contributed by atoms with Crippen LogP contribution in [-0.4, -0.2) is 48.2 Å². The van der Waals surface area contributed by atoms with Gasteiger partial charge < -0.3 is 24.1 Å². The van der Waals surface area contributed by atoms with Gasteiger partial charge in [0.05, 0.1) is 31.2 Å². The van der Waals surface area contributed by atoms with E-state index in [9.17, 15) is 9.59 Å². The van der Waals surface area contributed by atoms with Crippen molar-refractivity contribution < 1.29 is 23.8 Å². The third-order valence-corrected chi connectivity index (χ3v) is 8.07. The zero-order valence-corrected chi connectivity index (χ0v) is 23.9. The Balaban J connectivity index is 1.52. The van der Waals surface area contributed by atoms with Gasteiger partial charge in [-0.1, -0.05) is 43.3 Å². The van der Waals surface area contributed by atoms with Crippen LogP contribution in [0.5, 0.6) is 17.2 Å². The molecule has 4 aromatic rings. The van der Waals surface area contributed by atoms with Gasteiger partial charge >= 0.3 is 6.03 Å². The molecule has 2 aliphatic heterocycles. The first-order valence-electron chi connectivity index (χ1n) is 14.3. The molecule has 1 fully saturated rings. The number of hydrogen-bond acceptors (Lipinski definition) is 5. The topological polar surface area (TPSA) is 84.1 Å². The van der Waals surface area contributed by atoms with E-state index in [2.05, 4.69) is 18.0 Å². The third kappa shape index (κ3) is 4.12. The standard InChI is InChI=1S/C33H35N3O5/c1-5-18-41-27-17-16-21(19-28(27)40-7-3)23-20-35-32(38)36(25-14-10-11-15-26(25)39-6-2)31(37)33(35,4)30-29(23)22-12-8-9-13-24(22)34-30/h8-17,19,23,34H,5-7,18,20H2,1-4H3. The summed E-state index contributed by atoms with van der Waals surface area (Å²) >= 11 is 0. The second-order valence-corrected chi connectivity index (χ2v) is 10.5. The molecule has 1 N–H and O–H groups in total. The number of fused-ring (bicyclic) bond motifs is 5. The summed E-state index contributed by atoms with van der Waals surface area (Å²) in [6.45, 7) is 9.57. The molecule has 41 heavy (non-hydrogen) atoms. The molecule has 6 rings (SSSR count). The zero-order chi connectivity index (χ0) is 28.7. The van der Waals surface area contributed by atoms with Crippen molar-refractivity contribution in [1.29, 1.82) is 0 Å². The maximum absolute atomic E-state index is 14.3. The van der Waals surface area contributed by atoms with Crippen molar-refractivity contribution in [2.24, 2.45) is 0 Å². The van der Waals surface area contributed by atoms with E-state index in [-0.39, 0.29) is 17.9 Å². The highest BCUT2D eigenvalue weighted by Gasteiger charge is 2.61. The Morgan fingerprint density at radius 2 is 1.61 bits per heavy atom. The van der Waals surface area contributed by atoms with Gasteiger partial charge in [-0.25, -0.2) is 9.69 Å². The first-order chi connectivity index (χ1) is 19.9. The molecule has 3 aromatic carbocycles. The van der Waals surface area contributed by atoms with E-state index in [0.29, 0.717) is 49.3 Å². The molecule has 2 unspecified atom stereocenters. The Labute approximate surface area is 239 Å². The van der Waals surface area contributed by atoms with Crippen molar-refractivity contribution in [3.63, 3.8) is 0 Å². The number of ether oxygens (including phenoxy) is 3. The minimum atomic E-state index is -1.21. The molecule has 0 saturated carbocycles. The quantitative estimate of drug-likeness (QED) is 0.237. The van der Waals surface area contributed by atoms with Crippen molar-refractivity contribution in [3.8, 4) is 17.2 Å². The van der Waals surface area contributed by atoms with Crippen LogP contribution in [-0.2, 0) is 10.3 Å². The number of urea groups is 1. The van der Waals surface area contributed by atoms with Gasteiger partial charge in [-0.05, 0) is 68.7 Å². The average Bonchev–Trinajstić information content (AvgIpc) is 3.46. The molecule has 1 saturated heterocycles. The van der Waals surface area contributed by atoms with Crippen LogP contribution in [0, 0.1) is 0 Å². The summed E-state index contributed by atoms with van der Waals surface area (Å²) in [5.41, 5.74) is 2.89. The Morgan fingerprint density at radius 1 is 0.878 bits per heavy atom. The number of nitrogens with one attached hydrogen (secondary N) is 1. The van der Waals surface area contributed by atoms with Gasteiger partial charge in [0.1, 0.15) is 5.75 Å². The molecule has 3 heterocycles. The van der Waals surface area contributed by atoms with E-state index in [1.165, 1.54) is 4.90 Å². The molecule has 8 heteroatoms. The second-order valence-electron chi connectivity index (χ2n) is 10.5. The Bertz CT molecular complexity index is 1630. The van der Waals surface area contributed by atoms with Crippen LogP contribution < -0.4 is 19.1 Å². The van der Waals surface area contributed by atoms with Gasteiger partial charge in [-0.3, -0.25) is 4.79 Å². The largest absolute Gasteiger partial charge is 0.492 e. The van der Waals surface area contributed by atoms with Gasteiger partial charge in [0.25, 0.3) is 5.91 Å². The highest BCUT2D eigenvalue weighted by atomic mass is 16.5. The number of anilines is 1. The predicted octanol–water partition coefficient (Wildman–Crippen LogP) is 6.58. The molecule has 0 radical (unpaired) electrons. The molecule has 0 bridgehead atoms. The fourth-order valence-corrected chi connectivity index (χ4v) is 6.16. The molecule has 1 aromatic heterocycles. The maximum Gasteiger partial charge on any atom is 0.332 e. The smallest absolute Gasteiger partial charge is 0.332 e. The number of imide groups is 1. The SMILES string of the molecule is CCCOc1ccc(C2CN3C(=O)N(c4ccccc4OCC)C(=O)C3(C)c3[nH]c4ccccc4c32)cc1OCC. The number of aromatic nitrogens is 1. The van der Waals surface area contributed by atoms with E-state index < -0.39 is 5.54 Å². The van der Waals surface area contributed by atoms with Crippen molar-refractivity contribution in [2.45, 2.75) is 45.6 Å². The Hall–Kier alpha value is -4.46. The highest BCUT2D eigenvalue weighted by Crippen LogP contribution is 2.51. The van der Waals surface area contributed by atoms with E-state index in [0.717, 1.165) is 34.1 Å². The molecule has 2 atom stereocenters. The lowest BCUT2D eigenvalue weighted by atomic mass is 9.78. The first-order valence-corrected chi connectivity index (χ1v) is 14.3. The lowest BCUT2D eigenvalue weighted by molar-refractivity contribution is -0.125. The zero-order valence-electron chi connectivity index (χ0n) is 23.9. The van der Waals surface area contributed by atoms with Crippen LogP contribution >= 0.6 is 0 Å². The monoisotopic (exact) mass is 553 g/mol. The van der Waals surface area contributed by atoms with Gasteiger partial charge in [-0.15, -0.1) is 0 Å². The van der Waals surface area contributed by atoms with Crippen molar-refractivity contribution in [1.82, 2.24) is 9.88 Å². The Morgan fingerprint density at radius 3 is 2.39 bits per heavy atom. The van der Waals surface area contributed by atoms with Gasteiger partial charge in [-0.2, -0.15) is 0 Å². The minimum absolute atomic E-state index is 0.201. The third-order valence-electron chi connectivity index (χ3n) is 8.07. The fourth-order valence-electron chi connectivity index (χ4n) is 6.16.